The second kappa shape index (κ2) is 4.55. The number of fused-ring (bicyclic) bond motifs is 1. The first kappa shape index (κ1) is 10.3. The van der Waals surface area contributed by atoms with Gasteiger partial charge in [-0.3, -0.25) is 0 Å². The first-order valence-electron chi connectivity index (χ1n) is 4.33. The Bertz CT molecular complexity index is 458. The molecule has 0 saturated heterocycles. The van der Waals surface area contributed by atoms with Crippen LogP contribution in [-0.4, -0.2) is 4.89 Å². The third kappa shape index (κ3) is 2.25. The molecule has 0 aliphatic carbocycles. The Morgan fingerprint density at radius 2 is 1.80 bits per heavy atom. The molecule has 0 radical (unpaired) electrons. The van der Waals surface area contributed by atoms with Gasteiger partial charge in [-0.1, -0.05) is 36.4 Å². The lowest BCUT2D eigenvalue weighted by molar-refractivity contribution is 0.270. The maximum absolute atomic E-state index is 9.17. The van der Waals surface area contributed by atoms with Crippen molar-refractivity contribution in [3.63, 3.8) is 0 Å². The number of hydrogen-bond donors (Lipinski definition) is 2. The lowest BCUT2D eigenvalue weighted by Crippen LogP contribution is -1.97. The van der Waals surface area contributed by atoms with Crippen molar-refractivity contribution in [2.75, 3.05) is 0 Å². The highest BCUT2D eigenvalue weighted by Crippen LogP contribution is 2.36. The zero-order valence-corrected chi connectivity index (χ0v) is 8.72. The van der Waals surface area contributed by atoms with Crippen molar-refractivity contribution in [2.45, 2.75) is 0 Å². The number of benzene rings is 2. The molecule has 0 saturated carbocycles. The first-order valence-corrected chi connectivity index (χ1v) is 5.46. The Morgan fingerprint density at radius 1 is 1.07 bits per heavy atom. The molecule has 4 nitrogen and oxygen atoms in total. The Hall–Kier alpha value is -1.19. The molecule has 15 heavy (non-hydrogen) atoms. The average molecular weight is 223 g/mol. The fraction of sp³-hybridized carbons (Fsp3) is 0. The van der Waals surface area contributed by atoms with E-state index in [0.717, 1.165) is 10.8 Å². The van der Waals surface area contributed by atoms with Crippen LogP contribution >= 0.6 is 8.60 Å². The quantitative estimate of drug-likeness (QED) is 0.619. The molecule has 2 rings (SSSR count). The highest BCUT2D eigenvalue weighted by atomic mass is 31.2. The van der Waals surface area contributed by atoms with Crippen LogP contribution in [0.4, 0.5) is 0 Å². The van der Waals surface area contributed by atoms with Gasteiger partial charge in [0.05, 0.1) is 0 Å². The summed E-state index contributed by atoms with van der Waals surface area (Å²) in [5, 5.41) is 1.95. The van der Waals surface area contributed by atoms with E-state index in [0.29, 0.717) is 5.75 Å². The summed E-state index contributed by atoms with van der Waals surface area (Å²) in [6.07, 6.45) is 0. The number of hydrogen-bond acceptors (Lipinski definition) is 4. The van der Waals surface area contributed by atoms with E-state index in [9.17, 15) is 0 Å². The minimum absolute atomic E-state index is 0.562. The van der Waals surface area contributed by atoms with E-state index in [4.69, 9.17) is 15.3 Å². The molecule has 2 aromatic carbocycles. The van der Waals surface area contributed by atoms with E-state index < -0.39 is 8.60 Å². The molecule has 78 valence electrons. The highest BCUT2D eigenvalue weighted by molar-refractivity contribution is 7.41. The predicted molar refractivity (Wildman–Crippen MR) is 59.0 cm³/mol. The number of rotatable bonds is 3. The molecule has 0 aromatic heterocycles. The summed E-state index contributed by atoms with van der Waals surface area (Å²) in [6.45, 7) is 0. The van der Waals surface area contributed by atoms with Crippen LogP contribution in [0.15, 0.2) is 42.5 Å². The van der Waals surface area contributed by atoms with E-state index in [2.05, 4.69) is 4.62 Å². The molecule has 2 aromatic rings. The Balaban J connectivity index is 2.42. The third-order valence-electron chi connectivity index (χ3n) is 2.02. The van der Waals surface area contributed by atoms with E-state index in [1.165, 1.54) is 0 Å². The van der Waals surface area contributed by atoms with Gasteiger partial charge in [-0.2, -0.15) is 0 Å². The SMILES string of the molecule is NOP(O)Oc1cccc2ccccc12. The summed E-state index contributed by atoms with van der Waals surface area (Å²) in [6, 6.07) is 13.3. The summed E-state index contributed by atoms with van der Waals surface area (Å²) >= 11 is 0. The van der Waals surface area contributed by atoms with Gasteiger partial charge >= 0.3 is 8.60 Å². The van der Waals surface area contributed by atoms with E-state index in [-0.39, 0.29) is 0 Å². The Morgan fingerprint density at radius 3 is 2.60 bits per heavy atom. The summed E-state index contributed by atoms with van der Waals surface area (Å²) in [4.78, 5) is 9.17. The molecule has 0 fully saturated rings. The normalized spacial score (nSPS) is 12.7. The van der Waals surface area contributed by atoms with Gasteiger partial charge in [0.2, 0.25) is 0 Å². The van der Waals surface area contributed by atoms with Crippen LogP contribution in [0, 0.1) is 0 Å². The van der Waals surface area contributed by atoms with Gasteiger partial charge in [0.25, 0.3) is 0 Å². The highest BCUT2D eigenvalue weighted by Gasteiger charge is 2.09. The molecule has 0 aliphatic heterocycles. The van der Waals surface area contributed by atoms with Crippen LogP contribution in [0.3, 0.4) is 0 Å². The van der Waals surface area contributed by atoms with Gasteiger partial charge in [0, 0.05) is 5.39 Å². The largest absolute Gasteiger partial charge is 0.425 e. The van der Waals surface area contributed by atoms with Crippen molar-refractivity contribution in [1.82, 2.24) is 0 Å². The predicted octanol–water partition coefficient (Wildman–Crippen LogP) is 2.33. The van der Waals surface area contributed by atoms with Crippen LogP contribution in [0.1, 0.15) is 0 Å². The van der Waals surface area contributed by atoms with Gasteiger partial charge in [-0.05, 0) is 11.5 Å². The lowest BCUT2D eigenvalue weighted by atomic mass is 10.1. The molecule has 5 heteroatoms. The lowest BCUT2D eigenvalue weighted by Gasteiger charge is -2.10. The first-order chi connectivity index (χ1) is 7.31. The van der Waals surface area contributed by atoms with Crippen molar-refractivity contribution in [3.05, 3.63) is 42.5 Å². The number of nitrogens with two attached hydrogens (primary N) is 1. The van der Waals surface area contributed by atoms with E-state index in [1.54, 1.807) is 6.07 Å². The standard InChI is InChI=1S/C10H10NO3P/c11-14-15(12)13-10-7-3-5-8-4-1-2-6-9(8)10/h1-7,12H,11H2. The van der Waals surface area contributed by atoms with Crippen molar-refractivity contribution in [2.24, 2.45) is 5.90 Å². The van der Waals surface area contributed by atoms with Crippen LogP contribution in [0.25, 0.3) is 10.8 Å². The van der Waals surface area contributed by atoms with Crippen molar-refractivity contribution >= 4 is 19.4 Å². The second-order valence-corrected chi connectivity index (χ2v) is 3.78. The van der Waals surface area contributed by atoms with Gasteiger partial charge in [-0.25, -0.2) is 10.5 Å². The minimum Gasteiger partial charge on any atom is -0.425 e. The molecular weight excluding hydrogens is 213 g/mol. The molecule has 1 unspecified atom stereocenters. The molecule has 3 N–H and O–H groups in total. The minimum atomic E-state index is -2.05. The van der Waals surface area contributed by atoms with Gasteiger partial charge in [0.1, 0.15) is 5.75 Å². The van der Waals surface area contributed by atoms with Crippen molar-refractivity contribution in [1.29, 1.82) is 0 Å². The summed E-state index contributed by atoms with van der Waals surface area (Å²) < 4.78 is 9.35. The maximum atomic E-state index is 9.17. The molecule has 0 aliphatic rings. The maximum Gasteiger partial charge on any atom is 0.412 e. The van der Waals surface area contributed by atoms with E-state index >= 15 is 0 Å². The van der Waals surface area contributed by atoms with Crippen LogP contribution in [0.5, 0.6) is 5.75 Å². The summed E-state index contributed by atoms with van der Waals surface area (Å²) in [5.41, 5.74) is 0. The van der Waals surface area contributed by atoms with Gasteiger partial charge < -0.3 is 9.42 Å². The van der Waals surface area contributed by atoms with Crippen LogP contribution in [0.2, 0.25) is 0 Å². The summed E-state index contributed by atoms with van der Waals surface area (Å²) in [5.74, 6) is 5.38. The molecule has 0 spiro atoms. The molecule has 0 heterocycles. The zero-order valence-electron chi connectivity index (χ0n) is 7.83. The Kier molecular flexibility index (Phi) is 3.14. The second-order valence-electron chi connectivity index (χ2n) is 2.91. The smallest absolute Gasteiger partial charge is 0.412 e. The molecule has 1 atom stereocenters. The fourth-order valence-electron chi connectivity index (χ4n) is 1.38. The monoisotopic (exact) mass is 223 g/mol. The fourth-order valence-corrected chi connectivity index (χ4v) is 1.75. The third-order valence-corrected chi connectivity index (χ3v) is 2.55. The van der Waals surface area contributed by atoms with Gasteiger partial charge in [0.15, 0.2) is 0 Å². The summed E-state index contributed by atoms with van der Waals surface area (Å²) in [7, 11) is -2.05. The van der Waals surface area contributed by atoms with Crippen molar-refractivity contribution in [3.8, 4) is 5.75 Å². The topological polar surface area (TPSA) is 64.7 Å². The average Bonchev–Trinajstić information content (AvgIpc) is 2.29. The van der Waals surface area contributed by atoms with Crippen LogP contribution in [-0.2, 0) is 4.62 Å². The molecule has 0 bridgehead atoms. The molecule has 0 amide bonds. The molecular formula is C10H10NO3P. The van der Waals surface area contributed by atoms with Gasteiger partial charge in [-0.15, -0.1) is 0 Å². The van der Waals surface area contributed by atoms with Crippen molar-refractivity contribution < 1.29 is 14.0 Å². The van der Waals surface area contributed by atoms with Crippen LogP contribution < -0.4 is 10.4 Å². The van der Waals surface area contributed by atoms with E-state index in [1.807, 2.05) is 36.4 Å². The Labute approximate surface area is 88.2 Å². The zero-order chi connectivity index (χ0) is 10.7.